The minimum Gasteiger partial charge on any atom is -0.469 e. The first kappa shape index (κ1) is 17.4. The molecule has 1 fully saturated rings. The van der Waals surface area contributed by atoms with Gasteiger partial charge in [0, 0.05) is 37.1 Å². The number of esters is 1. The summed E-state index contributed by atoms with van der Waals surface area (Å²) in [5.41, 5.74) is 2.99. The van der Waals surface area contributed by atoms with Crippen molar-refractivity contribution in [2.45, 2.75) is 6.42 Å². The summed E-state index contributed by atoms with van der Waals surface area (Å²) in [6.45, 7) is 1.51. The topological polar surface area (TPSA) is 86.5 Å². The van der Waals surface area contributed by atoms with Crippen LogP contribution in [0.5, 0.6) is 0 Å². The summed E-state index contributed by atoms with van der Waals surface area (Å²) >= 11 is 0. The summed E-state index contributed by atoms with van der Waals surface area (Å²) < 4.78 is 4.61. The molecule has 1 saturated heterocycles. The van der Waals surface area contributed by atoms with Gasteiger partial charge in [0.05, 0.1) is 24.8 Å². The highest BCUT2D eigenvalue weighted by Crippen LogP contribution is 2.24. The van der Waals surface area contributed by atoms with Crippen LogP contribution in [0.3, 0.4) is 0 Å². The van der Waals surface area contributed by atoms with Crippen molar-refractivity contribution < 1.29 is 14.3 Å². The van der Waals surface area contributed by atoms with E-state index in [2.05, 4.69) is 9.72 Å². The highest BCUT2D eigenvalue weighted by Gasteiger charge is 2.29. The van der Waals surface area contributed by atoms with Crippen LogP contribution in [-0.2, 0) is 9.53 Å². The number of rotatable bonds is 5. The zero-order valence-electron chi connectivity index (χ0n) is 14.4. The van der Waals surface area contributed by atoms with E-state index < -0.39 is 0 Å². The maximum Gasteiger partial charge on any atom is 0.324 e. The number of anilines is 1. The molecule has 0 spiro atoms. The molecule has 1 aromatic heterocycles. The van der Waals surface area contributed by atoms with E-state index in [-0.39, 0.29) is 18.4 Å². The van der Waals surface area contributed by atoms with Crippen LogP contribution in [-0.4, -0.2) is 48.6 Å². The lowest BCUT2D eigenvalue weighted by Gasteiger charge is -2.18. The molecule has 1 aromatic carbocycles. The number of nitriles is 1. The van der Waals surface area contributed by atoms with Gasteiger partial charge in [0.15, 0.2) is 0 Å². The van der Waals surface area contributed by atoms with Gasteiger partial charge in [-0.15, -0.1) is 0 Å². The average molecular weight is 350 g/mol. The molecule has 0 unspecified atom stereocenters. The van der Waals surface area contributed by atoms with Gasteiger partial charge >= 0.3 is 12.0 Å². The number of benzene rings is 1. The van der Waals surface area contributed by atoms with E-state index >= 15 is 0 Å². The Labute approximate surface area is 151 Å². The third-order valence-electron chi connectivity index (χ3n) is 4.28. The van der Waals surface area contributed by atoms with Gasteiger partial charge in [-0.2, -0.15) is 5.26 Å². The molecule has 1 aliphatic rings. The largest absolute Gasteiger partial charge is 0.469 e. The molecule has 0 N–H and O–H groups in total. The standard InChI is InChI=1S/C19H18N4O3/c1-26-18(24)8-9-22-10-11-23(19(22)25)16-5-3-15(4-6-16)17-7-2-14(12-20)13-21-17/h2-7,13H,8-11H2,1H3. The fraction of sp³-hybridized carbons (Fsp3) is 0.263. The van der Waals surface area contributed by atoms with Gasteiger partial charge in [-0.3, -0.25) is 14.7 Å². The van der Waals surface area contributed by atoms with Gasteiger partial charge in [-0.25, -0.2) is 4.79 Å². The summed E-state index contributed by atoms with van der Waals surface area (Å²) in [7, 11) is 1.34. The van der Waals surface area contributed by atoms with E-state index in [0.717, 1.165) is 16.9 Å². The molecule has 0 aliphatic carbocycles. The molecule has 7 nitrogen and oxygen atoms in total. The average Bonchev–Trinajstić information content (AvgIpc) is 3.06. The first-order valence-corrected chi connectivity index (χ1v) is 8.22. The van der Waals surface area contributed by atoms with Crippen LogP contribution < -0.4 is 4.90 Å². The number of ether oxygens (including phenoxy) is 1. The lowest BCUT2D eigenvalue weighted by Crippen LogP contribution is -2.33. The van der Waals surface area contributed by atoms with Crippen molar-refractivity contribution in [2.75, 3.05) is 31.6 Å². The van der Waals surface area contributed by atoms with Gasteiger partial charge in [-0.05, 0) is 24.3 Å². The van der Waals surface area contributed by atoms with E-state index in [1.807, 2.05) is 30.3 Å². The molecular formula is C19H18N4O3. The zero-order valence-corrected chi connectivity index (χ0v) is 14.4. The Morgan fingerprint density at radius 2 is 2.00 bits per heavy atom. The van der Waals surface area contributed by atoms with Crippen molar-refractivity contribution in [2.24, 2.45) is 0 Å². The van der Waals surface area contributed by atoms with E-state index in [1.165, 1.54) is 13.3 Å². The smallest absolute Gasteiger partial charge is 0.324 e. The fourth-order valence-corrected chi connectivity index (χ4v) is 2.80. The predicted octanol–water partition coefficient (Wildman–Crippen LogP) is 2.43. The number of pyridine rings is 1. The second-order valence-electron chi connectivity index (χ2n) is 5.84. The van der Waals surface area contributed by atoms with Crippen molar-refractivity contribution in [1.29, 1.82) is 5.26 Å². The third kappa shape index (κ3) is 3.64. The number of carbonyl (C=O) groups excluding carboxylic acids is 2. The molecule has 132 valence electrons. The Bertz CT molecular complexity index is 841. The van der Waals surface area contributed by atoms with Crippen molar-refractivity contribution in [3.63, 3.8) is 0 Å². The monoisotopic (exact) mass is 350 g/mol. The first-order valence-electron chi connectivity index (χ1n) is 8.22. The number of methoxy groups -OCH3 is 1. The van der Waals surface area contributed by atoms with Crippen LogP contribution in [0.15, 0.2) is 42.6 Å². The van der Waals surface area contributed by atoms with E-state index in [0.29, 0.717) is 25.2 Å². The number of hydrogen-bond donors (Lipinski definition) is 0. The van der Waals surface area contributed by atoms with Crippen LogP contribution in [0.25, 0.3) is 11.3 Å². The molecule has 0 radical (unpaired) electrons. The third-order valence-corrected chi connectivity index (χ3v) is 4.28. The summed E-state index contributed by atoms with van der Waals surface area (Å²) in [6, 6.07) is 13.0. The molecule has 0 bridgehead atoms. The predicted molar refractivity (Wildman–Crippen MR) is 95.3 cm³/mol. The van der Waals surface area contributed by atoms with Gasteiger partial charge in [0.1, 0.15) is 6.07 Å². The fourth-order valence-electron chi connectivity index (χ4n) is 2.80. The molecule has 3 rings (SSSR count). The SMILES string of the molecule is COC(=O)CCN1CCN(c2ccc(-c3ccc(C#N)cn3)cc2)C1=O. The van der Waals surface area contributed by atoms with Crippen LogP contribution in [0.4, 0.5) is 10.5 Å². The normalized spacial score (nSPS) is 13.6. The van der Waals surface area contributed by atoms with Crippen LogP contribution in [0.2, 0.25) is 0 Å². The maximum atomic E-state index is 12.5. The lowest BCUT2D eigenvalue weighted by molar-refractivity contribution is -0.140. The van der Waals surface area contributed by atoms with Gasteiger partial charge < -0.3 is 9.64 Å². The quantitative estimate of drug-likeness (QED) is 0.773. The van der Waals surface area contributed by atoms with Crippen molar-refractivity contribution in [1.82, 2.24) is 9.88 Å². The van der Waals surface area contributed by atoms with Crippen LogP contribution in [0, 0.1) is 11.3 Å². The van der Waals surface area contributed by atoms with Gasteiger partial charge in [0.25, 0.3) is 0 Å². The summed E-state index contributed by atoms with van der Waals surface area (Å²) in [6.07, 6.45) is 1.73. The van der Waals surface area contributed by atoms with Crippen LogP contribution >= 0.6 is 0 Å². The molecule has 26 heavy (non-hydrogen) atoms. The lowest BCUT2D eigenvalue weighted by atomic mass is 10.1. The summed E-state index contributed by atoms with van der Waals surface area (Å²) in [4.78, 5) is 31.3. The number of aromatic nitrogens is 1. The second-order valence-corrected chi connectivity index (χ2v) is 5.84. The van der Waals surface area contributed by atoms with Gasteiger partial charge in [-0.1, -0.05) is 12.1 Å². The second kappa shape index (κ2) is 7.66. The van der Waals surface area contributed by atoms with E-state index in [9.17, 15) is 9.59 Å². The zero-order chi connectivity index (χ0) is 18.5. The van der Waals surface area contributed by atoms with Crippen molar-refractivity contribution in [3.8, 4) is 17.3 Å². The van der Waals surface area contributed by atoms with Crippen LogP contribution in [0.1, 0.15) is 12.0 Å². The molecule has 0 atom stereocenters. The summed E-state index contributed by atoms with van der Waals surface area (Å²) in [5, 5.41) is 8.83. The number of amides is 2. The Morgan fingerprint density at radius 3 is 2.62 bits per heavy atom. The highest BCUT2D eigenvalue weighted by atomic mass is 16.5. The number of urea groups is 1. The van der Waals surface area contributed by atoms with Crippen molar-refractivity contribution in [3.05, 3.63) is 48.2 Å². The molecule has 1 aliphatic heterocycles. The molecule has 2 amide bonds. The number of nitrogens with zero attached hydrogens (tertiary/aromatic N) is 4. The highest BCUT2D eigenvalue weighted by molar-refractivity contribution is 5.94. The molecule has 2 aromatic rings. The Kier molecular flexibility index (Phi) is 5.13. The number of hydrogen-bond acceptors (Lipinski definition) is 5. The maximum absolute atomic E-state index is 12.5. The molecule has 7 heteroatoms. The Balaban J connectivity index is 1.68. The minimum atomic E-state index is -0.324. The van der Waals surface area contributed by atoms with E-state index in [4.69, 9.17) is 5.26 Å². The van der Waals surface area contributed by atoms with Crippen molar-refractivity contribution >= 4 is 17.7 Å². The molecular weight excluding hydrogens is 332 g/mol. The van der Waals surface area contributed by atoms with E-state index in [1.54, 1.807) is 21.9 Å². The minimum absolute atomic E-state index is 0.113. The molecule has 0 saturated carbocycles. The summed E-state index contributed by atoms with van der Waals surface area (Å²) in [5.74, 6) is -0.324. The molecule has 2 heterocycles. The number of carbonyl (C=O) groups is 2. The first-order chi connectivity index (χ1) is 12.6. The Hall–Kier alpha value is -3.40. The Morgan fingerprint density at radius 1 is 1.23 bits per heavy atom. The van der Waals surface area contributed by atoms with Gasteiger partial charge in [0.2, 0.25) is 0 Å².